The molecular formula is C47H29N3O. The normalized spacial score (nSPS) is 11.5. The van der Waals surface area contributed by atoms with E-state index in [4.69, 9.17) is 14.4 Å². The van der Waals surface area contributed by atoms with Gasteiger partial charge in [0.25, 0.3) is 0 Å². The molecule has 7 aromatic carbocycles. The van der Waals surface area contributed by atoms with E-state index in [2.05, 4.69) is 138 Å². The van der Waals surface area contributed by atoms with Crippen LogP contribution in [-0.2, 0) is 0 Å². The number of rotatable bonds is 5. The molecule has 10 aromatic rings. The number of aromatic nitrogens is 3. The highest BCUT2D eigenvalue weighted by atomic mass is 16.3. The second-order valence-electron chi connectivity index (χ2n) is 12.9. The summed E-state index contributed by atoms with van der Waals surface area (Å²) in [5.74, 6) is 0.662. The van der Waals surface area contributed by atoms with Gasteiger partial charge < -0.3 is 4.42 Å². The molecule has 0 saturated carbocycles. The molecule has 0 amide bonds. The highest BCUT2D eigenvalue weighted by Gasteiger charge is 2.15. The molecule has 0 aliphatic carbocycles. The van der Waals surface area contributed by atoms with E-state index in [0.29, 0.717) is 5.82 Å². The van der Waals surface area contributed by atoms with Gasteiger partial charge in [0.2, 0.25) is 0 Å². The average molecular weight is 652 g/mol. The Labute approximate surface area is 294 Å². The van der Waals surface area contributed by atoms with Crippen LogP contribution in [0, 0.1) is 0 Å². The minimum absolute atomic E-state index is 0.662. The zero-order valence-electron chi connectivity index (χ0n) is 27.5. The van der Waals surface area contributed by atoms with Crippen LogP contribution in [0.15, 0.2) is 181 Å². The molecule has 0 spiro atoms. The summed E-state index contributed by atoms with van der Waals surface area (Å²) in [4.78, 5) is 14.7. The van der Waals surface area contributed by atoms with E-state index in [9.17, 15) is 0 Å². The molecule has 51 heavy (non-hydrogen) atoms. The first-order chi connectivity index (χ1) is 25.2. The first-order valence-corrected chi connectivity index (χ1v) is 17.1. The molecule has 0 unspecified atom stereocenters. The Morgan fingerprint density at radius 1 is 0.373 bits per heavy atom. The highest BCUT2D eigenvalue weighted by molar-refractivity contribution is 6.13. The van der Waals surface area contributed by atoms with Gasteiger partial charge in [0.15, 0.2) is 5.82 Å². The van der Waals surface area contributed by atoms with Crippen LogP contribution in [0.2, 0.25) is 0 Å². The van der Waals surface area contributed by atoms with Gasteiger partial charge >= 0.3 is 0 Å². The SMILES string of the molecule is c1cncc(-c2cccc(-c3nc(-c4ccc(-c5cc6ccccc6c6ccccc56)cc4)cc(-c4ccc5oc6ccccc6c5c4)n3)c2)c1. The maximum atomic E-state index is 6.14. The van der Waals surface area contributed by atoms with Crippen LogP contribution in [0.1, 0.15) is 0 Å². The van der Waals surface area contributed by atoms with Gasteiger partial charge in [-0.05, 0) is 86.8 Å². The summed E-state index contributed by atoms with van der Waals surface area (Å²) in [5.41, 5.74) is 10.9. The van der Waals surface area contributed by atoms with E-state index in [-0.39, 0.29) is 0 Å². The van der Waals surface area contributed by atoms with E-state index >= 15 is 0 Å². The van der Waals surface area contributed by atoms with E-state index < -0.39 is 0 Å². The Bertz CT molecular complexity index is 2910. The summed E-state index contributed by atoms with van der Waals surface area (Å²) in [7, 11) is 0. The molecule has 0 saturated heterocycles. The standard InChI is InChI=1S/C47H29N3O/c1-2-13-37-33(9-1)26-41(39-15-4-3-14-38(37)39)30-18-20-31(21-19-30)43-28-44(34-22-23-46-42(27-34)40-16-5-6-17-45(40)51-46)50-47(49-43)35-11-7-10-32(25-35)36-12-8-24-48-29-36/h1-29H. The maximum absolute atomic E-state index is 6.14. The third-order valence-electron chi connectivity index (χ3n) is 9.77. The second-order valence-corrected chi connectivity index (χ2v) is 12.9. The fourth-order valence-electron chi connectivity index (χ4n) is 7.24. The van der Waals surface area contributed by atoms with E-state index in [1.807, 2.05) is 36.5 Å². The molecule has 0 bridgehead atoms. The minimum atomic E-state index is 0.662. The lowest BCUT2D eigenvalue weighted by molar-refractivity contribution is 0.669. The van der Waals surface area contributed by atoms with E-state index in [1.165, 1.54) is 27.1 Å². The van der Waals surface area contributed by atoms with Gasteiger partial charge in [0.05, 0.1) is 11.4 Å². The Balaban J connectivity index is 1.12. The molecule has 4 nitrogen and oxygen atoms in total. The topological polar surface area (TPSA) is 51.8 Å². The van der Waals surface area contributed by atoms with Crippen molar-refractivity contribution in [2.24, 2.45) is 0 Å². The van der Waals surface area contributed by atoms with E-state index in [0.717, 1.165) is 66.7 Å². The van der Waals surface area contributed by atoms with E-state index in [1.54, 1.807) is 6.20 Å². The molecule has 0 atom stereocenters. The number of nitrogens with zero attached hydrogens (tertiary/aromatic N) is 3. The van der Waals surface area contributed by atoms with Crippen LogP contribution in [0.4, 0.5) is 0 Å². The molecule has 0 radical (unpaired) electrons. The number of hydrogen-bond acceptors (Lipinski definition) is 4. The number of furan rings is 1. The molecule has 0 fully saturated rings. The van der Waals surface area contributed by atoms with Gasteiger partial charge in [-0.3, -0.25) is 4.98 Å². The maximum Gasteiger partial charge on any atom is 0.160 e. The third-order valence-corrected chi connectivity index (χ3v) is 9.77. The molecule has 3 heterocycles. The fourth-order valence-corrected chi connectivity index (χ4v) is 7.24. The van der Waals surface area contributed by atoms with Crippen molar-refractivity contribution >= 4 is 43.5 Å². The largest absolute Gasteiger partial charge is 0.456 e. The molecule has 4 heteroatoms. The molecule has 0 aliphatic rings. The van der Waals surface area contributed by atoms with Crippen molar-refractivity contribution in [1.82, 2.24) is 15.0 Å². The van der Waals surface area contributed by atoms with Crippen LogP contribution in [-0.4, -0.2) is 15.0 Å². The van der Waals surface area contributed by atoms with Gasteiger partial charge in [-0.1, -0.05) is 115 Å². The number of hydrogen-bond donors (Lipinski definition) is 0. The zero-order valence-corrected chi connectivity index (χ0v) is 27.5. The zero-order chi connectivity index (χ0) is 33.7. The predicted octanol–water partition coefficient (Wildman–Crippen LogP) is 12.4. The van der Waals surface area contributed by atoms with Gasteiger partial charge in [-0.25, -0.2) is 9.97 Å². The number of benzene rings is 7. The Hall–Kier alpha value is -6.91. The molecule has 10 rings (SSSR count). The summed E-state index contributed by atoms with van der Waals surface area (Å²) in [6.45, 7) is 0. The van der Waals surface area contributed by atoms with Crippen LogP contribution >= 0.6 is 0 Å². The average Bonchev–Trinajstić information content (AvgIpc) is 3.59. The van der Waals surface area contributed by atoms with Crippen LogP contribution in [0.3, 0.4) is 0 Å². The summed E-state index contributed by atoms with van der Waals surface area (Å²) < 4.78 is 6.14. The highest BCUT2D eigenvalue weighted by Crippen LogP contribution is 2.37. The molecule has 0 aliphatic heterocycles. The quantitative estimate of drug-likeness (QED) is 0.174. The van der Waals surface area contributed by atoms with Gasteiger partial charge in [0.1, 0.15) is 11.2 Å². The minimum Gasteiger partial charge on any atom is -0.456 e. The van der Waals surface area contributed by atoms with Gasteiger partial charge in [-0.15, -0.1) is 0 Å². The Kier molecular flexibility index (Phi) is 6.78. The van der Waals surface area contributed by atoms with Crippen molar-refractivity contribution in [3.05, 3.63) is 176 Å². The summed E-state index contributed by atoms with van der Waals surface area (Å²) in [5, 5.41) is 7.15. The summed E-state index contributed by atoms with van der Waals surface area (Å²) >= 11 is 0. The number of pyridine rings is 1. The Morgan fingerprint density at radius 2 is 1.04 bits per heavy atom. The molecule has 0 N–H and O–H groups in total. The van der Waals surface area contributed by atoms with Crippen molar-refractivity contribution in [3.8, 4) is 56.2 Å². The second kappa shape index (κ2) is 11.9. The summed E-state index contributed by atoms with van der Waals surface area (Å²) in [6.07, 6.45) is 3.67. The third kappa shape index (κ3) is 5.13. The Morgan fingerprint density at radius 3 is 1.88 bits per heavy atom. The number of fused-ring (bicyclic) bond motifs is 6. The van der Waals surface area contributed by atoms with Gasteiger partial charge in [0, 0.05) is 45.4 Å². The lowest BCUT2D eigenvalue weighted by Gasteiger charge is -2.13. The van der Waals surface area contributed by atoms with Gasteiger partial charge in [-0.2, -0.15) is 0 Å². The van der Waals surface area contributed by atoms with Crippen LogP contribution < -0.4 is 0 Å². The van der Waals surface area contributed by atoms with Crippen LogP contribution in [0.25, 0.3) is 99.6 Å². The lowest BCUT2D eigenvalue weighted by atomic mass is 9.93. The lowest BCUT2D eigenvalue weighted by Crippen LogP contribution is -1.96. The van der Waals surface area contributed by atoms with Crippen molar-refractivity contribution in [2.75, 3.05) is 0 Å². The summed E-state index contributed by atoms with van der Waals surface area (Å²) in [6, 6.07) is 57.3. The first kappa shape index (κ1) is 29.0. The van der Waals surface area contributed by atoms with Crippen LogP contribution in [0.5, 0.6) is 0 Å². The monoisotopic (exact) mass is 651 g/mol. The predicted molar refractivity (Wildman–Crippen MR) is 209 cm³/mol. The van der Waals surface area contributed by atoms with Crippen molar-refractivity contribution < 1.29 is 4.42 Å². The molecule has 3 aromatic heterocycles. The first-order valence-electron chi connectivity index (χ1n) is 17.1. The smallest absolute Gasteiger partial charge is 0.160 e. The number of para-hydroxylation sites is 1. The molecule has 238 valence electrons. The fraction of sp³-hybridized carbons (Fsp3) is 0. The molecular weight excluding hydrogens is 623 g/mol. The van der Waals surface area contributed by atoms with Crippen molar-refractivity contribution in [3.63, 3.8) is 0 Å². The van der Waals surface area contributed by atoms with Crippen molar-refractivity contribution in [2.45, 2.75) is 0 Å². The van der Waals surface area contributed by atoms with Crippen molar-refractivity contribution in [1.29, 1.82) is 0 Å².